The van der Waals surface area contributed by atoms with Crippen LogP contribution in [0, 0.1) is 0 Å². The van der Waals surface area contributed by atoms with Crippen molar-refractivity contribution in [3.63, 3.8) is 0 Å². The van der Waals surface area contributed by atoms with E-state index in [0.717, 1.165) is 4.90 Å². The van der Waals surface area contributed by atoms with Crippen molar-refractivity contribution in [1.82, 2.24) is 9.88 Å². The summed E-state index contributed by atoms with van der Waals surface area (Å²) in [6.45, 7) is -3.15. The van der Waals surface area contributed by atoms with Crippen molar-refractivity contribution in [3.05, 3.63) is 83.6 Å². The number of ether oxygens (including phenoxy) is 1. The van der Waals surface area contributed by atoms with Gasteiger partial charge in [-0.3, -0.25) is 14.5 Å². The number of amides is 2. The van der Waals surface area contributed by atoms with Gasteiger partial charge in [-0.15, -0.1) is 0 Å². The Kier molecular flexibility index (Phi) is 4.60. The molecule has 2 amide bonds. The van der Waals surface area contributed by atoms with Crippen LogP contribution >= 0.6 is 0 Å². The van der Waals surface area contributed by atoms with E-state index in [4.69, 9.17) is 4.42 Å². The van der Waals surface area contributed by atoms with Crippen molar-refractivity contribution < 1.29 is 27.5 Å². The number of hydrogen-bond acceptors (Lipinski definition) is 5. The Morgan fingerprint density at radius 1 is 1.00 bits per heavy atom. The lowest BCUT2D eigenvalue weighted by atomic mass is 9.97. The number of oxazole rings is 1. The maximum Gasteiger partial charge on any atom is 0.387 e. The van der Waals surface area contributed by atoms with Crippen LogP contribution in [0.25, 0.3) is 0 Å². The molecule has 1 aromatic heterocycles. The van der Waals surface area contributed by atoms with Crippen LogP contribution in [0.1, 0.15) is 38.1 Å². The Hall–Kier alpha value is -3.55. The lowest BCUT2D eigenvalue weighted by molar-refractivity contribution is -0.0506. The number of aromatic nitrogens is 1. The fraction of sp³-hybridized carbons (Fsp3) is 0.150. The summed E-state index contributed by atoms with van der Waals surface area (Å²) >= 11 is 0. The molecule has 1 atom stereocenters. The molecule has 4 rings (SSSR count). The van der Waals surface area contributed by atoms with Crippen LogP contribution in [0.4, 0.5) is 8.78 Å². The SMILES string of the molecule is O=C1c2ccccc2C(=O)N1CC(c1ncco1)c1ccccc1OC(F)F. The summed E-state index contributed by atoms with van der Waals surface area (Å²) in [6.07, 6.45) is 2.74. The highest BCUT2D eigenvalue weighted by molar-refractivity contribution is 6.21. The molecule has 142 valence electrons. The van der Waals surface area contributed by atoms with Crippen molar-refractivity contribution in [2.24, 2.45) is 0 Å². The first-order chi connectivity index (χ1) is 13.6. The molecular weight excluding hydrogens is 370 g/mol. The molecule has 0 N–H and O–H groups in total. The lowest BCUT2D eigenvalue weighted by Crippen LogP contribution is -2.34. The third kappa shape index (κ3) is 3.13. The highest BCUT2D eigenvalue weighted by Crippen LogP contribution is 2.34. The maximum absolute atomic E-state index is 12.8. The van der Waals surface area contributed by atoms with Crippen LogP contribution in [0.2, 0.25) is 0 Å². The average molecular weight is 384 g/mol. The second-order valence-corrected chi connectivity index (χ2v) is 6.11. The summed E-state index contributed by atoms with van der Waals surface area (Å²) in [5.74, 6) is -1.57. The number of rotatable bonds is 6. The third-order valence-corrected chi connectivity index (χ3v) is 4.50. The van der Waals surface area contributed by atoms with E-state index < -0.39 is 24.3 Å². The molecule has 0 bridgehead atoms. The average Bonchev–Trinajstić information content (AvgIpc) is 3.30. The first-order valence-corrected chi connectivity index (χ1v) is 8.44. The molecule has 28 heavy (non-hydrogen) atoms. The normalized spacial score (nSPS) is 14.5. The highest BCUT2D eigenvalue weighted by atomic mass is 19.3. The van der Waals surface area contributed by atoms with E-state index in [0.29, 0.717) is 16.7 Å². The molecule has 0 saturated heterocycles. The predicted octanol–water partition coefficient (Wildman–Crippen LogP) is 3.70. The molecular formula is C20H14F2N2O4. The number of para-hydroxylation sites is 1. The summed E-state index contributed by atoms with van der Waals surface area (Å²) in [6, 6.07) is 12.6. The second-order valence-electron chi connectivity index (χ2n) is 6.11. The van der Waals surface area contributed by atoms with Gasteiger partial charge >= 0.3 is 6.61 Å². The van der Waals surface area contributed by atoms with Gasteiger partial charge in [-0.2, -0.15) is 8.78 Å². The first kappa shape index (κ1) is 17.8. The number of imide groups is 1. The van der Waals surface area contributed by atoms with Gasteiger partial charge < -0.3 is 9.15 Å². The van der Waals surface area contributed by atoms with Gasteiger partial charge in [0.05, 0.1) is 23.2 Å². The quantitative estimate of drug-likeness (QED) is 0.606. The van der Waals surface area contributed by atoms with Gasteiger partial charge in [0.15, 0.2) is 0 Å². The zero-order valence-electron chi connectivity index (χ0n) is 14.4. The number of benzene rings is 2. The zero-order chi connectivity index (χ0) is 19.7. The summed E-state index contributed by atoms with van der Waals surface area (Å²) in [7, 11) is 0. The van der Waals surface area contributed by atoms with E-state index in [-0.39, 0.29) is 18.2 Å². The van der Waals surface area contributed by atoms with Gasteiger partial charge in [0.25, 0.3) is 11.8 Å². The molecule has 0 radical (unpaired) electrons. The van der Waals surface area contributed by atoms with Gasteiger partial charge in [0, 0.05) is 12.1 Å². The number of carbonyl (C=O) groups excluding carboxylic acids is 2. The van der Waals surface area contributed by atoms with Gasteiger partial charge in [-0.1, -0.05) is 30.3 Å². The topological polar surface area (TPSA) is 72.6 Å². The van der Waals surface area contributed by atoms with E-state index >= 15 is 0 Å². The highest BCUT2D eigenvalue weighted by Gasteiger charge is 2.38. The Morgan fingerprint density at radius 2 is 1.64 bits per heavy atom. The van der Waals surface area contributed by atoms with Crippen LogP contribution in [0.3, 0.4) is 0 Å². The minimum absolute atomic E-state index is 0.0719. The summed E-state index contributed by atoms with van der Waals surface area (Å²) in [5, 5.41) is 0. The van der Waals surface area contributed by atoms with Crippen LogP contribution in [0.5, 0.6) is 5.75 Å². The number of hydrogen-bond donors (Lipinski definition) is 0. The molecule has 1 aliphatic heterocycles. The lowest BCUT2D eigenvalue weighted by Gasteiger charge is -2.22. The van der Waals surface area contributed by atoms with E-state index in [1.54, 1.807) is 42.5 Å². The molecule has 0 saturated carbocycles. The van der Waals surface area contributed by atoms with Crippen molar-refractivity contribution in [2.45, 2.75) is 12.5 Å². The molecule has 1 aliphatic rings. The Balaban J connectivity index is 1.72. The van der Waals surface area contributed by atoms with Gasteiger partial charge in [0.1, 0.15) is 12.0 Å². The van der Waals surface area contributed by atoms with Gasteiger partial charge in [-0.05, 0) is 18.2 Å². The Labute approximate surface area is 158 Å². The second kappa shape index (κ2) is 7.22. The first-order valence-electron chi connectivity index (χ1n) is 8.44. The third-order valence-electron chi connectivity index (χ3n) is 4.50. The van der Waals surface area contributed by atoms with Crippen molar-refractivity contribution in [3.8, 4) is 5.75 Å². The van der Waals surface area contributed by atoms with Crippen molar-refractivity contribution >= 4 is 11.8 Å². The molecule has 2 heterocycles. The monoisotopic (exact) mass is 384 g/mol. The van der Waals surface area contributed by atoms with Crippen LogP contribution in [-0.2, 0) is 0 Å². The fourth-order valence-electron chi connectivity index (χ4n) is 3.28. The molecule has 3 aromatic rings. The molecule has 2 aromatic carbocycles. The minimum atomic E-state index is -3.02. The van der Waals surface area contributed by atoms with E-state index in [2.05, 4.69) is 9.72 Å². The Bertz CT molecular complexity index is 986. The Morgan fingerprint density at radius 3 is 2.25 bits per heavy atom. The smallest absolute Gasteiger partial charge is 0.387 e. The van der Waals surface area contributed by atoms with Crippen molar-refractivity contribution in [1.29, 1.82) is 0 Å². The van der Waals surface area contributed by atoms with Crippen molar-refractivity contribution in [2.75, 3.05) is 6.54 Å². The number of halogens is 2. The van der Waals surface area contributed by atoms with E-state index in [1.807, 2.05) is 0 Å². The largest absolute Gasteiger partial charge is 0.448 e. The van der Waals surface area contributed by atoms with E-state index in [9.17, 15) is 18.4 Å². The number of nitrogens with zero attached hydrogens (tertiary/aromatic N) is 2. The van der Waals surface area contributed by atoms with Crippen LogP contribution in [0.15, 0.2) is 65.4 Å². The summed E-state index contributed by atoms with van der Waals surface area (Å²) in [5.41, 5.74) is 0.938. The van der Waals surface area contributed by atoms with Gasteiger partial charge in [0.2, 0.25) is 5.89 Å². The fourth-order valence-corrected chi connectivity index (χ4v) is 3.28. The molecule has 1 unspecified atom stereocenters. The molecule has 0 spiro atoms. The maximum atomic E-state index is 12.8. The summed E-state index contributed by atoms with van der Waals surface area (Å²) in [4.78, 5) is 30.6. The molecule has 8 heteroatoms. The number of fused-ring (bicyclic) bond motifs is 1. The standard InChI is InChI=1S/C20H14F2N2O4/c21-20(22)28-16-8-4-3-5-12(16)15(17-23-9-10-27-17)11-24-18(25)13-6-1-2-7-14(13)19(24)26/h1-10,15,20H,11H2. The minimum Gasteiger partial charge on any atom is -0.448 e. The molecule has 0 fully saturated rings. The summed E-state index contributed by atoms with van der Waals surface area (Å²) < 4.78 is 35.6. The van der Waals surface area contributed by atoms with Crippen LogP contribution < -0.4 is 4.74 Å². The zero-order valence-corrected chi connectivity index (χ0v) is 14.4. The van der Waals surface area contributed by atoms with E-state index in [1.165, 1.54) is 18.5 Å². The molecule has 0 aliphatic carbocycles. The molecule has 6 nitrogen and oxygen atoms in total. The number of alkyl halides is 2. The van der Waals surface area contributed by atoms with Gasteiger partial charge in [-0.25, -0.2) is 4.98 Å². The van der Waals surface area contributed by atoms with Crippen LogP contribution in [-0.4, -0.2) is 34.9 Å². The predicted molar refractivity (Wildman–Crippen MR) is 93.2 cm³/mol. The number of carbonyl (C=O) groups is 2.